The van der Waals surface area contributed by atoms with Gasteiger partial charge in [0.1, 0.15) is 5.82 Å². The van der Waals surface area contributed by atoms with Crippen LogP contribution in [0.25, 0.3) is 0 Å². The van der Waals surface area contributed by atoms with Gasteiger partial charge in [-0.25, -0.2) is 4.98 Å². The first kappa shape index (κ1) is 13.3. The number of hydrogen-bond donors (Lipinski definition) is 1. The Hall–Kier alpha value is -1.13. The predicted molar refractivity (Wildman–Crippen MR) is 75.9 cm³/mol. The zero-order chi connectivity index (χ0) is 13.0. The van der Waals surface area contributed by atoms with Gasteiger partial charge in [0, 0.05) is 50.5 Å². The molecule has 0 unspecified atom stereocenters. The normalized spacial score (nSPS) is 17.4. The third-order valence-corrected chi connectivity index (χ3v) is 3.58. The second-order valence-electron chi connectivity index (χ2n) is 5.13. The minimum Gasteiger partial charge on any atom is -0.354 e. The van der Waals surface area contributed by atoms with Gasteiger partial charge >= 0.3 is 0 Å². The summed E-state index contributed by atoms with van der Waals surface area (Å²) in [5.41, 5.74) is 1.29. The van der Waals surface area contributed by atoms with Gasteiger partial charge in [0.25, 0.3) is 0 Å². The van der Waals surface area contributed by atoms with Crippen molar-refractivity contribution in [3.8, 4) is 0 Å². The molecular weight excluding hydrogens is 224 g/mol. The lowest BCUT2D eigenvalue weighted by Crippen LogP contribution is -2.49. The molecule has 2 heterocycles. The maximum atomic E-state index is 4.56. The van der Waals surface area contributed by atoms with Crippen LogP contribution in [0.3, 0.4) is 0 Å². The van der Waals surface area contributed by atoms with E-state index in [1.807, 2.05) is 19.3 Å². The minimum atomic E-state index is 0.646. The highest BCUT2D eigenvalue weighted by molar-refractivity contribution is 5.47. The summed E-state index contributed by atoms with van der Waals surface area (Å²) in [6, 6.07) is 4.82. The molecule has 0 aliphatic carbocycles. The summed E-state index contributed by atoms with van der Waals surface area (Å²) in [6.07, 6.45) is 1.89. The van der Waals surface area contributed by atoms with Crippen LogP contribution in [0, 0.1) is 0 Å². The molecule has 0 spiro atoms. The van der Waals surface area contributed by atoms with Crippen molar-refractivity contribution in [2.75, 3.05) is 38.1 Å². The first-order chi connectivity index (χ1) is 8.72. The van der Waals surface area contributed by atoms with E-state index in [0.717, 1.165) is 38.5 Å². The van der Waals surface area contributed by atoms with Gasteiger partial charge in [-0.3, -0.25) is 4.90 Å². The van der Waals surface area contributed by atoms with Crippen LogP contribution in [0.15, 0.2) is 18.3 Å². The molecule has 0 bridgehead atoms. The summed E-state index contributed by atoms with van der Waals surface area (Å²) in [4.78, 5) is 9.49. The Morgan fingerprint density at radius 3 is 2.61 bits per heavy atom. The molecule has 1 aliphatic rings. The highest BCUT2D eigenvalue weighted by Gasteiger charge is 2.20. The van der Waals surface area contributed by atoms with Crippen LogP contribution in [-0.4, -0.2) is 49.2 Å². The number of nitrogens with zero attached hydrogens (tertiary/aromatic N) is 3. The van der Waals surface area contributed by atoms with Crippen LogP contribution < -0.4 is 10.2 Å². The van der Waals surface area contributed by atoms with Crippen LogP contribution in [0.2, 0.25) is 0 Å². The molecule has 1 saturated heterocycles. The Bertz CT molecular complexity index is 370. The topological polar surface area (TPSA) is 31.4 Å². The number of pyridine rings is 1. The van der Waals surface area contributed by atoms with E-state index in [0.29, 0.717) is 6.04 Å². The smallest absolute Gasteiger partial charge is 0.133 e. The zero-order valence-electron chi connectivity index (χ0n) is 11.7. The number of piperazine rings is 1. The van der Waals surface area contributed by atoms with Gasteiger partial charge in [0.05, 0.1) is 0 Å². The Morgan fingerprint density at radius 2 is 2.00 bits per heavy atom. The highest BCUT2D eigenvalue weighted by atomic mass is 15.3. The van der Waals surface area contributed by atoms with Crippen LogP contribution in [-0.2, 0) is 6.54 Å². The molecule has 1 fully saturated rings. The van der Waals surface area contributed by atoms with Crippen molar-refractivity contribution in [2.24, 2.45) is 0 Å². The Morgan fingerprint density at radius 1 is 1.28 bits per heavy atom. The second-order valence-corrected chi connectivity index (χ2v) is 5.13. The average molecular weight is 248 g/mol. The average Bonchev–Trinajstić information content (AvgIpc) is 2.40. The third-order valence-electron chi connectivity index (χ3n) is 3.58. The summed E-state index contributed by atoms with van der Waals surface area (Å²) < 4.78 is 0. The number of nitrogens with one attached hydrogen (secondary N) is 1. The molecule has 1 N–H and O–H groups in total. The van der Waals surface area contributed by atoms with Crippen molar-refractivity contribution in [1.82, 2.24) is 15.2 Å². The number of rotatable bonds is 4. The number of anilines is 1. The lowest BCUT2D eigenvalue weighted by molar-refractivity contribution is 0.209. The molecule has 100 valence electrons. The van der Waals surface area contributed by atoms with Crippen molar-refractivity contribution < 1.29 is 0 Å². The van der Waals surface area contributed by atoms with Crippen LogP contribution in [0.1, 0.15) is 19.4 Å². The standard InChI is InChI=1S/C14H24N4/c1-12(2)17-7-9-18(10-8-17)14-13(11-15-3)5-4-6-16-14/h4-6,12,15H,7-11H2,1-3H3. The first-order valence-electron chi connectivity index (χ1n) is 6.80. The molecular formula is C14H24N4. The SMILES string of the molecule is CNCc1cccnc1N1CCN(C(C)C)CC1. The predicted octanol–water partition coefficient (Wildman–Crippen LogP) is 1.33. The summed E-state index contributed by atoms with van der Waals surface area (Å²) in [5.74, 6) is 1.15. The van der Waals surface area contributed by atoms with E-state index in [1.165, 1.54) is 5.56 Å². The molecule has 4 heteroatoms. The summed E-state index contributed by atoms with van der Waals surface area (Å²) in [5, 5.41) is 3.21. The molecule has 0 amide bonds. The Labute approximate surface area is 110 Å². The zero-order valence-corrected chi connectivity index (χ0v) is 11.7. The maximum absolute atomic E-state index is 4.56. The highest BCUT2D eigenvalue weighted by Crippen LogP contribution is 2.19. The molecule has 0 aromatic carbocycles. The minimum absolute atomic E-state index is 0.646. The van der Waals surface area contributed by atoms with Gasteiger partial charge in [-0.15, -0.1) is 0 Å². The second kappa shape index (κ2) is 6.16. The summed E-state index contributed by atoms with van der Waals surface area (Å²) in [6.45, 7) is 9.83. The van der Waals surface area contributed by atoms with Gasteiger partial charge in [0.15, 0.2) is 0 Å². The van der Waals surface area contributed by atoms with E-state index < -0.39 is 0 Å². The largest absolute Gasteiger partial charge is 0.354 e. The van der Waals surface area contributed by atoms with E-state index >= 15 is 0 Å². The van der Waals surface area contributed by atoms with E-state index in [1.54, 1.807) is 0 Å². The van der Waals surface area contributed by atoms with Gasteiger partial charge in [-0.05, 0) is 27.0 Å². The van der Waals surface area contributed by atoms with Crippen LogP contribution in [0.4, 0.5) is 5.82 Å². The van der Waals surface area contributed by atoms with Gasteiger partial charge in [-0.1, -0.05) is 6.07 Å². The lowest BCUT2D eigenvalue weighted by Gasteiger charge is -2.38. The summed E-state index contributed by atoms with van der Waals surface area (Å²) >= 11 is 0. The van der Waals surface area contributed by atoms with Crippen molar-refractivity contribution in [3.63, 3.8) is 0 Å². The maximum Gasteiger partial charge on any atom is 0.133 e. The lowest BCUT2D eigenvalue weighted by atomic mass is 10.2. The van der Waals surface area contributed by atoms with Crippen molar-refractivity contribution in [1.29, 1.82) is 0 Å². The molecule has 1 aromatic rings. The Kier molecular flexibility index (Phi) is 4.55. The molecule has 0 radical (unpaired) electrons. The first-order valence-corrected chi connectivity index (χ1v) is 6.80. The molecule has 1 aromatic heterocycles. The van der Waals surface area contributed by atoms with Crippen LogP contribution >= 0.6 is 0 Å². The summed E-state index contributed by atoms with van der Waals surface area (Å²) in [7, 11) is 1.98. The van der Waals surface area contributed by atoms with E-state index in [-0.39, 0.29) is 0 Å². The Balaban J connectivity index is 2.05. The quantitative estimate of drug-likeness (QED) is 0.871. The fourth-order valence-corrected chi connectivity index (χ4v) is 2.49. The van der Waals surface area contributed by atoms with Gasteiger partial charge in [0.2, 0.25) is 0 Å². The fraction of sp³-hybridized carbons (Fsp3) is 0.643. The molecule has 1 aliphatic heterocycles. The van der Waals surface area contributed by atoms with Crippen molar-refractivity contribution >= 4 is 5.82 Å². The fourth-order valence-electron chi connectivity index (χ4n) is 2.49. The van der Waals surface area contributed by atoms with Crippen molar-refractivity contribution in [2.45, 2.75) is 26.4 Å². The van der Waals surface area contributed by atoms with E-state index in [4.69, 9.17) is 0 Å². The molecule has 18 heavy (non-hydrogen) atoms. The third kappa shape index (κ3) is 3.00. The molecule has 2 rings (SSSR count). The van der Waals surface area contributed by atoms with Gasteiger partial charge < -0.3 is 10.2 Å². The number of hydrogen-bond acceptors (Lipinski definition) is 4. The van der Waals surface area contributed by atoms with E-state index in [2.05, 4.69) is 40.0 Å². The molecule has 0 atom stereocenters. The van der Waals surface area contributed by atoms with Crippen molar-refractivity contribution in [3.05, 3.63) is 23.9 Å². The number of aromatic nitrogens is 1. The molecule has 0 saturated carbocycles. The monoisotopic (exact) mass is 248 g/mol. The molecule has 4 nitrogen and oxygen atoms in total. The van der Waals surface area contributed by atoms with E-state index in [9.17, 15) is 0 Å². The van der Waals surface area contributed by atoms with Crippen LogP contribution in [0.5, 0.6) is 0 Å². The van der Waals surface area contributed by atoms with Gasteiger partial charge in [-0.2, -0.15) is 0 Å².